The van der Waals surface area contributed by atoms with E-state index in [9.17, 15) is 13.2 Å². The van der Waals surface area contributed by atoms with Crippen LogP contribution in [0.2, 0.25) is 0 Å². The van der Waals surface area contributed by atoms with Crippen molar-refractivity contribution in [2.24, 2.45) is 5.73 Å². The molecule has 1 aromatic rings. The van der Waals surface area contributed by atoms with Crippen molar-refractivity contribution in [3.8, 4) is 5.75 Å². The van der Waals surface area contributed by atoms with Gasteiger partial charge < -0.3 is 15.2 Å². The maximum absolute atomic E-state index is 11.6. The second-order valence-corrected chi connectivity index (χ2v) is 6.69. The Morgan fingerprint density at radius 2 is 2.05 bits per heavy atom. The molecular formula is C13H19NO5S. The van der Waals surface area contributed by atoms with Crippen LogP contribution in [-0.2, 0) is 19.4 Å². The lowest BCUT2D eigenvalue weighted by atomic mass is 10.1. The van der Waals surface area contributed by atoms with Gasteiger partial charge >= 0.3 is 5.97 Å². The average molecular weight is 301 g/mol. The largest absolute Gasteiger partial charge is 0.491 e. The van der Waals surface area contributed by atoms with Crippen LogP contribution in [0.1, 0.15) is 13.8 Å². The third kappa shape index (κ3) is 4.50. The van der Waals surface area contributed by atoms with Crippen LogP contribution in [0, 0.1) is 0 Å². The molecule has 0 fully saturated rings. The van der Waals surface area contributed by atoms with Crippen LogP contribution < -0.4 is 10.5 Å². The molecule has 6 nitrogen and oxygen atoms in total. The van der Waals surface area contributed by atoms with E-state index in [2.05, 4.69) is 0 Å². The van der Waals surface area contributed by atoms with E-state index in [0.29, 0.717) is 5.75 Å². The van der Waals surface area contributed by atoms with E-state index in [1.807, 2.05) is 0 Å². The van der Waals surface area contributed by atoms with E-state index in [0.717, 1.165) is 6.26 Å². The summed E-state index contributed by atoms with van der Waals surface area (Å²) < 4.78 is 33.1. The first-order valence-electron chi connectivity index (χ1n) is 6.06. The van der Waals surface area contributed by atoms with E-state index in [4.69, 9.17) is 15.2 Å². The fraction of sp³-hybridized carbons (Fsp3) is 0.462. The van der Waals surface area contributed by atoms with Crippen molar-refractivity contribution in [1.82, 2.24) is 0 Å². The Labute approximate surface area is 118 Å². The number of benzene rings is 1. The Hall–Kier alpha value is -1.60. The van der Waals surface area contributed by atoms with E-state index in [-0.39, 0.29) is 18.1 Å². The molecule has 0 saturated heterocycles. The third-order valence-corrected chi connectivity index (χ3v) is 3.62. The first-order chi connectivity index (χ1) is 9.16. The molecule has 0 radical (unpaired) electrons. The molecule has 0 bridgehead atoms. The van der Waals surface area contributed by atoms with Gasteiger partial charge in [0.15, 0.2) is 9.84 Å². The molecule has 0 aromatic heterocycles. The number of esters is 1. The number of nitrogens with two attached hydrogens (primary N) is 1. The summed E-state index contributed by atoms with van der Waals surface area (Å²) in [6.07, 6.45) is 1.11. The highest BCUT2D eigenvalue weighted by molar-refractivity contribution is 7.90. The quantitative estimate of drug-likeness (QED) is 0.779. The van der Waals surface area contributed by atoms with Gasteiger partial charge in [0.25, 0.3) is 0 Å². The number of ether oxygens (including phenoxy) is 2. The normalized spacial score (nSPS) is 14.4. The fourth-order valence-electron chi connectivity index (χ4n) is 1.38. The maximum atomic E-state index is 11.6. The van der Waals surface area contributed by atoms with Gasteiger partial charge in [-0.25, -0.2) is 13.2 Å². The molecular weight excluding hydrogens is 282 g/mol. The molecule has 20 heavy (non-hydrogen) atoms. The van der Waals surface area contributed by atoms with E-state index in [1.54, 1.807) is 19.1 Å². The monoisotopic (exact) mass is 301 g/mol. The molecule has 0 amide bonds. The molecule has 0 saturated carbocycles. The Morgan fingerprint density at radius 3 is 2.60 bits per heavy atom. The van der Waals surface area contributed by atoms with Crippen LogP contribution in [-0.4, -0.2) is 39.4 Å². The second-order valence-electron chi connectivity index (χ2n) is 4.67. The highest BCUT2D eigenvalue weighted by atomic mass is 32.2. The van der Waals surface area contributed by atoms with E-state index in [1.165, 1.54) is 19.1 Å². The number of hydrogen-bond acceptors (Lipinski definition) is 6. The van der Waals surface area contributed by atoms with Crippen molar-refractivity contribution in [2.45, 2.75) is 24.3 Å². The van der Waals surface area contributed by atoms with Crippen LogP contribution in [0.3, 0.4) is 0 Å². The van der Waals surface area contributed by atoms with Gasteiger partial charge in [0.1, 0.15) is 17.9 Å². The molecule has 0 heterocycles. The van der Waals surface area contributed by atoms with Gasteiger partial charge in [-0.3, -0.25) is 0 Å². The van der Waals surface area contributed by atoms with Gasteiger partial charge in [0, 0.05) is 6.26 Å². The van der Waals surface area contributed by atoms with Gasteiger partial charge in [-0.15, -0.1) is 0 Å². The zero-order chi connectivity index (χ0) is 15.4. The summed E-state index contributed by atoms with van der Waals surface area (Å²) in [5.41, 5.74) is 4.51. The molecule has 1 aromatic carbocycles. The molecule has 7 heteroatoms. The van der Waals surface area contributed by atoms with E-state index >= 15 is 0 Å². The summed E-state index contributed by atoms with van der Waals surface area (Å²) in [5, 5.41) is 0. The lowest BCUT2D eigenvalue weighted by Crippen LogP contribution is -2.51. The Bertz CT molecular complexity index is 580. The highest BCUT2D eigenvalue weighted by Crippen LogP contribution is 2.18. The van der Waals surface area contributed by atoms with Crippen LogP contribution in [0.25, 0.3) is 0 Å². The van der Waals surface area contributed by atoms with Gasteiger partial charge in [-0.05, 0) is 32.0 Å². The highest BCUT2D eigenvalue weighted by Gasteiger charge is 2.31. The standard InChI is InChI=1S/C13H19NO5S/c1-4-18-12(15)13(2,14)9-19-10-6-5-7-11(8-10)20(3,16)17/h5-8H,4,9,14H2,1-3H3. The van der Waals surface area contributed by atoms with Gasteiger partial charge in [-0.2, -0.15) is 0 Å². The number of carbonyl (C=O) groups is 1. The summed E-state index contributed by atoms with van der Waals surface area (Å²) in [6, 6.07) is 6.01. The Balaban J connectivity index is 2.78. The molecule has 0 aliphatic rings. The minimum Gasteiger partial charge on any atom is -0.491 e. The van der Waals surface area contributed by atoms with Crippen LogP contribution in [0.5, 0.6) is 5.75 Å². The molecule has 112 valence electrons. The van der Waals surface area contributed by atoms with Crippen LogP contribution >= 0.6 is 0 Å². The minimum atomic E-state index is -3.31. The lowest BCUT2D eigenvalue weighted by Gasteiger charge is -2.22. The number of rotatable bonds is 6. The first-order valence-corrected chi connectivity index (χ1v) is 7.95. The molecule has 1 unspecified atom stereocenters. The predicted octanol–water partition coefficient (Wildman–Crippen LogP) is 0.749. The van der Waals surface area contributed by atoms with Gasteiger partial charge in [0.05, 0.1) is 11.5 Å². The predicted molar refractivity (Wildman–Crippen MR) is 74.3 cm³/mol. The summed E-state index contributed by atoms with van der Waals surface area (Å²) in [4.78, 5) is 11.7. The fourth-order valence-corrected chi connectivity index (χ4v) is 2.04. The summed E-state index contributed by atoms with van der Waals surface area (Å²) >= 11 is 0. The van der Waals surface area contributed by atoms with Gasteiger partial charge in [0.2, 0.25) is 0 Å². The average Bonchev–Trinajstić information content (AvgIpc) is 2.36. The number of carbonyl (C=O) groups excluding carboxylic acids is 1. The summed E-state index contributed by atoms with van der Waals surface area (Å²) in [5.74, 6) is -0.242. The van der Waals surface area contributed by atoms with Crippen molar-refractivity contribution in [2.75, 3.05) is 19.5 Å². The lowest BCUT2D eigenvalue weighted by molar-refractivity contribution is -0.150. The Morgan fingerprint density at radius 1 is 1.40 bits per heavy atom. The smallest absolute Gasteiger partial charge is 0.329 e. The van der Waals surface area contributed by atoms with Crippen molar-refractivity contribution in [3.05, 3.63) is 24.3 Å². The number of hydrogen-bond donors (Lipinski definition) is 1. The van der Waals surface area contributed by atoms with E-state index < -0.39 is 21.3 Å². The summed E-state index contributed by atoms with van der Waals surface area (Å²) in [7, 11) is -3.31. The van der Waals surface area contributed by atoms with Crippen molar-refractivity contribution in [3.63, 3.8) is 0 Å². The topological polar surface area (TPSA) is 95.7 Å². The molecule has 2 N–H and O–H groups in total. The second kappa shape index (κ2) is 6.23. The third-order valence-electron chi connectivity index (χ3n) is 2.51. The minimum absolute atomic E-state index is 0.112. The van der Waals surface area contributed by atoms with Crippen molar-refractivity contribution < 1.29 is 22.7 Å². The Kier molecular flexibility index (Phi) is 5.13. The zero-order valence-corrected chi connectivity index (χ0v) is 12.6. The van der Waals surface area contributed by atoms with Crippen LogP contribution in [0.4, 0.5) is 0 Å². The maximum Gasteiger partial charge on any atom is 0.329 e. The molecule has 1 atom stereocenters. The SMILES string of the molecule is CCOC(=O)C(C)(N)COc1cccc(S(C)(=O)=O)c1. The van der Waals surface area contributed by atoms with Crippen molar-refractivity contribution in [1.29, 1.82) is 0 Å². The number of sulfone groups is 1. The molecule has 0 aliphatic carbocycles. The molecule has 0 aliphatic heterocycles. The molecule has 0 spiro atoms. The first kappa shape index (κ1) is 16.5. The van der Waals surface area contributed by atoms with Gasteiger partial charge in [-0.1, -0.05) is 6.07 Å². The van der Waals surface area contributed by atoms with Crippen LogP contribution in [0.15, 0.2) is 29.2 Å². The zero-order valence-electron chi connectivity index (χ0n) is 11.8. The summed E-state index contributed by atoms with van der Waals surface area (Å²) in [6.45, 7) is 3.30. The van der Waals surface area contributed by atoms with Crippen molar-refractivity contribution >= 4 is 15.8 Å². The molecule has 1 rings (SSSR count).